The van der Waals surface area contributed by atoms with Gasteiger partial charge in [0.25, 0.3) is 0 Å². The van der Waals surface area contributed by atoms with E-state index in [1.807, 2.05) is 0 Å². The molecule has 1 saturated heterocycles. The van der Waals surface area contributed by atoms with E-state index in [1.165, 1.54) is 0 Å². The van der Waals surface area contributed by atoms with Gasteiger partial charge in [0.05, 0.1) is 0 Å². The van der Waals surface area contributed by atoms with E-state index in [9.17, 15) is 0 Å². The average molecular weight is 294 g/mol. The molecule has 2 unspecified atom stereocenters. The monoisotopic (exact) mass is 294 g/mol. The van der Waals surface area contributed by atoms with E-state index in [2.05, 4.69) is 34.0 Å². The lowest BCUT2D eigenvalue weighted by Gasteiger charge is -2.21. The maximum Gasteiger partial charge on any atom is 0.137 e. The number of nitrogens with zero attached hydrogens (tertiary/aromatic N) is 3. The molecule has 1 aliphatic heterocycles. The van der Waals surface area contributed by atoms with Gasteiger partial charge in [-0.25, -0.2) is 9.97 Å². The lowest BCUT2D eigenvalue weighted by atomic mass is 10.2. The van der Waals surface area contributed by atoms with E-state index in [-0.39, 0.29) is 12.2 Å². The van der Waals surface area contributed by atoms with E-state index in [0.717, 1.165) is 49.7 Å². The molecule has 2 heterocycles. The zero-order chi connectivity index (χ0) is 15.2. The fourth-order valence-electron chi connectivity index (χ4n) is 2.77. The van der Waals surface area contributed by atoms with Crippen LogP contribution in [0.3, 0.4) is 0 Å². The summed E-state index contributed by atoms with van der Waals surface area (Å²) in [6.07, 6.45) is 3.77. The molecular formula is C15H26N4O2. The molecule has 0 aromatic carbocycles. The second-order valence-corrected chi connectivity index (χ2v) is 5.26. The van der Waals surface area contributed by atoms with Crippen LogP contribution < -0.4 is 10.2 Å². The van der Waals surface area contributed by atoms with Crippen LogP contribution >= 0.6 is 0 Å². The van der Waals surface area contributed by atoms with Gasteiger partial charge in [-0.05, 0) is 12.8 Å². The Balaban J connectivity index is 2.23. The van der Waals surface area contributed by atoms with E-state index in [0.29, 0.717) is 0 Å². The van der Waals surface area contributed by atoms with Crippen LogP contribution in [0, 0.1) is 0 Å². The van der Waals surface area contributed by atoms with Gasteiger partial charge in [0.2, 0.25) is 0 Å². The van der Waals surface area contributed by atoms with E-state index < -0.39 is 0 Å². The SMILES string of the molecule is CCCNc1ncnc(N2CC(OC)C(OC)C2)c1CC. The molecule has 0 saturated carbocycles. The van der Waals surface area contributed by atoms with E-state index in [1.54, 1.807) is 20.5 Å². The van der Waals surface area contributed by atoms with Crippen LogP contribution in [0.4, 0.5) is 11.6 Å². The van der Waals surface area contributed by atoms with Crippen LogP contribution in [-0.2, 0) is 15.9 Å². The van der Waals surface area contributed by atoms with Crippen molar-refractivity contribution in [1.82, 2.24) is 9.97 Å². The number of rotatable bonds is 7. The van der Waals surface area contributed by atoms with Crippen LogP contribution in [0.1, 0.15) is 25.8 Å². The summed E-state index contributed by atoms with van der Waals surface area (Å²) in [5.74, 6) is 1.94. The first-order chi connectivity index (χ1) is 10.2. The smallest absolute Gasteiger partial charge is 0.137 e. The summed E-state index contributed by atoms with van der Waals surface area (Å²) in [7, 11) is 3.46. The molecule has 21 heavy (non-hydrogen) atoms. The maximum absolute atomic E-state index is 5.51. The molecule has 1 fully saturated rings. The molecule has 2 rings (SSSR count). The van der Waals surface area contributed by atoms with Gasteiger partial charge in [0, 0.05) is 39.4 Å². The molecule has 0 bridgehead atoms. The van der Waals surface area contributed by atoms with Crippen molar-refractivity contribution in [1.29, 1.82) is 0 Å². The van der Waals surface area contributed by atoms with Crippen molar-refractivity contribution < 1.29 is 9.47 Å². The molecule has 1 N–H and O–H groups in total. The van der Waals surface area contributed by atoms with Crippen molar-refractivity contribution in [3.05, 3.63) is 11.9 Å². The second-order valence-electron chi connectivity index (χ2n) is 5.26. The van der Waals surface area contributed by atoms with Gasteiger partial charge < -0.3 is 19.7 Å². The third kappa shape index (κ3) is 3.44. The van der Waals surface area contributed by atoms with Crippen LogP contribution in [-0.4, -0.2) is 56.0 Å². The first-order valence-electron chi connectivity index (χ1n) is 7.63. The normalized spacial score (nSPS) is 21.8. The zero-order valence-electron chi connectivity index (χ0n) is 13.4. The molecule has 2 atom stereocenters. The van der Waals surface area contributed by atoms with Crippen molar-refractivity contribution >= 4 is 11.6 Å². The Labute approximate surface area is 126 Å². The summed E-state index contributed by atoms with van der Waals surface area (Å²) in [5, 5.41) is 3.39. The average Bonchev–Trinajstić information content (AvgIpc) is 2.95. The molecule has 0 spiro atoms. The number of methoxy groups -OCH3 is 2. The van der Waals surface area contributed by atoms with Crippen LogP contribution in [0.5, 0.6) is 0 Å². The topological polar surface area (TPSA) is 59.5 Å². The number of hydrogen-bond donors (Lipinski definition) is 1. The largest absolute Gasteiger partial charge is 0.377 e. The lowest BCUT2D eigenvalue weighted by molar-refractivity contribution is -0.00461. The fraction of sp³-hybridized carbons (Fsp3) is 0.733. The summed E-state index contributed by atoms with van der Waals surface area (Å²) >= 11 is 0. The molecule has 1 aromatic heterocycles. The third-order valence-corrected chi connectivity index (χ3v) is 3.94. The van der Waals surface area contributed by atoms with Crippen LogP contribution in [0.2, 0.25) is 0 Å². The predicted molar refractivity (Wildman–Crippen MR) is 84.0 cm³/mol. The van der Waals surface area contributed by atoms with Gasteiger partial charge >= 0.3 is 0 Å². The lowest BCUT2D eigenvalue weighted by Crippen LogP contribution is -2.27. The van der Waals surface area contributed by atoms with Crippen molar-refractivity contribution in [2.75, 3.05) is 44.1 Å². The molecule has 1 aliphatic rings. The van der Waals surface area contributed by atoms with Crippen molar-refractivity contribution in [3.8, 4) is 0 Å². The standard InChI is InChI=1S/C15H26N4O2/c1-5-7-16-14-11(6-2)15(18-10-17-14)19-8-12(20-3)13(9-19)21-4/h10,12-13H,5-9H2,1-4H3,(H,16,17,18). The minimum absolute atomic E-state index is 0.0849. The Kier molecular flexibility index (Phi) is 5.76. The Morgan fingerprint density at radius 2 is 1.86 bits per heavy atom. The molecule has 6 nitrogen and oxygen atoms in total. The molecule has 1 aromatic rings. The minimum atomic E-state index is 0.0849. The van der Waals surface area contributed by atoms with Gasteiger partial charge in [-0.3, -0.25) is 0 Å². The van der Waals surface area contributed by atoms with Crippen molar-refractivity contribution in [2.45, 2.75) is 38.9 Å². The zero-order valence-corrected chi connectivity index (χ0v) is 13.4. The first kappa shape index (κ1) is 16.0. The van der Waals surface area contributed by atoms with E-state index in [4.69, 9.17) is 9.47 Å². The molecule has 0 radical (unpaired) electrons. The van der Waals surface area contributed by atoms with E-state index >= 15 is 0 Å². The van der Waals surface area contributed by atoms with Crippen molar-refractivity contribution in [2.24, 2.45) is 0 Å². The highest BCUT2D eigenvalue weighted by Crippen LogP contribution is 2.28. The number of nitrogens with one attached hydrogen (secondary N) is 1. The fourth-order valence-corrected chi connectivity index (χ4v) is 2.77. The number of anilines is 2. The van der Waals surface area contributed by atoms with Gasteiger partial charge in [-0.15, -0.1) is 0 Å². The first-order valence-corrected chi connectivity index (χ1v) is 7.63. The van der Waals surface area contributed by atoms with Gasteiger partial charge in [-0.2, -0.15) is 0 Å². The summed E-state index contributed by atoms with van der Waals surface area (Å²) < 4.78 is 11.0. The van der Waals surface area contributed by atoms with Crippen molar-refractivity contribution in [3.63, 3.8) is 0 Å². The molecule has 118 valence electrons. The predicted octanol–water partition coefficient (Wildman–Crippen LogP) is 1.71. The summed E-state index contributed by atoms with van der Waals surface area (Å²) in [6, 6.07) is 0. The molecule has 0 amide bonds. The third-order valence-electron chi connectivity index (χ3n) is 3.94. The van der Waals surface area contributed by atoms with Gasteiger partial charge in [0.15, 0.2) is 0 Å². The quantitative estimate of drug-likeness (QED) is 0.826. The highest BCUT2D eigenvalue weighted by Gasteiger charge is 2.34. The highest BCUT2D eigenvalue weighted by molar-refractivity contribution is 5.59. The minimum Gasteiger partial charge on any atom is -0.377 e. The second kappa shape index (κ2) is 7.56. The molecular weight excluding hydrogens is 268 g/mol. The summed E-state index contributed by atoms with van der Waals surface area (Å²) in [6.45, 7) is 6.80. The number of ether oxygens (including phenoxy) is 2. The Bertz CT molecular complexity index is 443. The Morgan fingerprint density at radius 1 is 1.19 bits per heavy atom. The summed E-state index contributed by atoms with van der Waals surface area (Å²) in [4.78, 5) is 11.1. The molecule has 0 aliphatic carbocycles. The highest BCUT2D eigenvalue weighted by atomic mass is 16.5. The van der Waals surface area contributed by atoms with Crippen LogP contribution in [0.25, 0.3) is 0 Å². The Morgan fingerprint density at radius 3 is 2.38 bits per heavy atom. The van der Waals surface area contributed by atoms with Gasteiger partial charge in [-0.1, -0.05) is 13.8 Å². The molecule has 6 heteroatoms. The Hall–Kier alpha value is -1.40. The van der Waals surface area contributed by atoms with Crippen LogP contribution in [0.15, 0.2) is 6.33 Å². The number of aromatic nitrogens is 2. The maximum atomic E-state index is 5.51. The number of hydrogen-bond acceptors (Lipinski definition) is 6. The van der Waals surface area contributed by atoms with Gasteiger partial charge in [0.1, 0.15) is 30.2 Å². The summed E-state index contributed by atoms with van der Waals surface area (Å²) in [5.41, 5.74) is 1.16.